The van der Waals surface area contributed by atoms with Crippen LogP contribution >= 0.6 is 0 Å². The maximum absolute atomic E-state index is 5.56. The number of hydrogen-bond acceptors (Lipinski definition) is 4. The lowest BCUT2D eigenvalue weighted by atomic mass is 9.95. The second kappa shape index (κ2) is 8.17. The first-order valence-corrected chi connectivity index (χ1v) is 4.97. The Labute approximate surface area is 86.7 Å². The van der Waals surface area contributed by atoms with Crippen LogP contribution < -0.4 is 5.73 Å². The summed E-state index contributed by atoms with van der Waals surface area (Å²) in [5.74, 6) is 0. The lowest BCUT2D eigenvalue weighted by molar-refractivity contribution is 0.00404. The average molecular weight is 205 g/mol. The maximum Gasteiger partial charge on any atom is 0.0701 e. The topological polar surface area (TPSA) is 53.7 Å². The molecule has 0 saturated heterocycles. The third-order valence-electron chi connectivity index (χ3n) is 1.85. The molecule has 0 unspecified atom stereocenters. The van der Waals surface area contributed by atoms with E-state index in [9.17, 15) is 0 Å². The Morgan fingerprint density at radius 3 is 2.14 bits per heavy atom. The van der Waals surface area contributed by atoms with Crippen molar-refractivity contribution in [2.45, 2.75) is 13.8 Å². The largest absolute Gasteiger partial charge is 0.382 e. The van der Waals surface area contributed by atoms with E-state index >= 15 is 0 Å². The molecule has 0 radical (unpaired) electrons. The van der Waals surface area contributed by atoms with Gasteiger partial charge in [-0.1, -0.05) is 13.8 Å². The summed E-state index contributed by atoms with van der Waals surface area (Å²) in [5.41, 5.74) is 5.62. The molecule has 4 heteroatoms. The first-order valence-electron chi connectivity index (χ1n) is 4.97. The van der Waals surface area contributed by atoms with Crippen LogP contribution in [0.4, 0.5) is 0 Å². The van der Waals surface area contributed by atoms with Gasteiger partial charge in [0.1, 0.15) is 0 Å². The monoisotopic (exact) mass is 205 g/mol. The summed E-state index contributed by atoms with van der Waals surface area (Å²) in [6, 6.07) is 0. The second-order valence-electron chi connectivity index (χ2n) is 4.03. The van der Waals surface area contributed by atoms with Crippen LogP contribution in [-0.2, 0) is 14.2 Å². The van der Waals surface area contributed by atoms with Crippen molar-refractivity contribution in [1.82, 2.24) is 0 Å². The molecule has 0 amide bonds. The Kier molecular flexibility index (Phi) is 8.08. The zero-order chi connectivity index (χ0) is 10.9. The molecule has 14 heavy (non-hydrogen) atoms. The van der Waals surface area contributed by atoms with E-state index in [1.165, 1.54) is 0 Å². The van der Waals surface area contributed by atoms with Crippen LogP contribution in [0.25, 0.3) is 0 Å². The van der Waals surface area contributed by atoms with Crippen LogP contribution in [0, 0.1) is 5.41 Å². The lowest BCUT2D eigenvalue weighted by Crippen LogP contribution is -2.29. The Morgan fingerprint density at radius 2 is 1.57 bits per heavy atom. The van der Waals surface area contributed by atoms with Crippen molar-refractivity contribution in [3.05, 3.63) is 0 Å². The van der Waals surface area contributed by atoms with E-state index in [4.69, 9.17) is 19.9 Å². The zero-order valence-corrected chi connectivity index (χ0v) is 9.54. The molecule has 0 aliphatic rings. The minimum atomic E-state index is 0.0620. The Hall–Kier alpha value is -0.160. The van der Waals surface area contributed by atoms with Crippen LogP contribution in [0.15, 0.2) is 0 Å². The standard InChI is InChI=1S/C10H23NO3/c1-10(2,8-11)9-14-7-6-13-5-4-12-3/h4-9,11H2,1-3H3. The second-order valence-corrected chi connectivity index (χ2v) is 4.03. The van der Waals surface area contributed by atoms with E-state index < -0.39 is 0 Å². The Bertz CT molecular complexity index is 129. The molecule has 2 N–H and O–H groups in total. The molecular weight excluding hydrogens is 182 g/mol. The van der Waals surface area contributed by atoms with Crippen molar-refractivity contribution >= 4 is 0 Å². The highest BCUT2D eigenvalue weighted by atomic mass is 16.5. The molecule has 0 atom stereocenters. The number of methoxy groups -OCH3 is 1. The smallest absolute Gasteiger partial charge is 0.0701 e. The maximum atomic E-state index is 5.56. The molecule has 0 bridgehead atoms. The molecule has 0 spiro atoms. The van der Waals surface area contributed by atoms with Crippen LogP contribution in [-0.4, -0.2) is 46.7 Å². The van der Waals surface area contributed by atoms with Crippen LogP contribution in [0.3, 0.4) is 0 Å². The SMILES string of the molecule is COCCOCCOCC(C)(C)CN. The van der Waals surface area contributed by atoms with Gasteiger partial charge >= 0.3 is 0 Å². The van der Waals surface area contributed by atoms with Crippen molar-refractivity contribution in [3.63, 3.8) is 0 Å². The quantitative estimate of drug-likeness (QED) is 0.562. The van der Waals surface area contributed by atoms with Crippen molar-refractivity contribution in [2.75, 3.05) is 46.7 Å². The molecule has 0 fully saturated rings. The normalized spacial score (nSPS) is 12.0. The molecule has 0 saturated carbocycles. The van der Waals surface area contributed by atoms with Gasteiger partial charge in [-0.2, -0.15) is 0 Å². The summed E-state index contributed by atoms with van der Waals surface area (Å²) in [6.45, 7) is 7.97. The van der Waals surface area contributed by atoms with Crippen LogP contribution in [0.5, 0.6) is 0 Å². The molecule has 0 rings (SSSR count). The Morgan fingerprint density at radius 1 is 1.00 bits per heavy atom. The van der Waals surface area contributed by atoms with Gasteiger partial charge in [0, 0.05) is 12.5 Å². The first kappa shape index (κ1) is 13.8. The van der Waals surface area contributed by atoms with Crippen LogP contribution in [0.1, 0.15) is 13.8 Å². The zero-order valence-electron chi connectivity index (χ0n) is 9.54. The molecule has 0 heterocycles. The van der Waals surface area contributed by atoms with E-state index in [1.54, 1.807) is 7.11 Å². The fraction of sp³-hybridized carbons (Fsp3) is 1.00. The van der Waals surface area contributed by atoms with Crippen molar-refractivity contribution in [2.24, 2.45) is 11.1 Å². The summed E-state index contributed by atoms with van der Waals surface area (Å²) in [7, 11) is 1.66. The number of ether oxygens (including phenoxy) is 3. The van der Waals surface area contributed by atoms with E-state index in [1.807, 2.05) is 0 Å². The third kappa shape index (κ3) is 8.44. The van der Waals surface area contributed by atoms with Crippen molar-refractivity contribution in [3.8, 4) is 0 Å². The highest BCUT2D eigenvalue weighted by molar-refractivity contribution is 4.67. The van der Waals surface area contributed by atoms with E-state index in [0.29, 0.717) is 39.6 Å². The summed E-state index contributed by atoms with van der Waals surface area (Å²) >= 11 is 0. The van der Waals surface area contributed by atoms with Gasteiger partial charge in [0.15, 0.2) is 0 Å². The van der Waals surface area contributed by atoms with E-state index in [2.05, 4.69) is 13.8 Å². The summed E-state index contributed by atoms with van der Waals surface area (Å²) in [4.78, 5) is 0. The average Bonchev–Trinajstić information content (AvgIpc) is 2.16. The third-order valence-corrected chi connectivity index (χ3v) is 1.85. The predicted octanol–water partition coefficient (Wildman–Crippen LogP) is 0.651. The molecule has 0 aliphatic carbocycles. The molecule has 0 aromatic heterocycles. The summed E-state index contributed by atoms with van der Waals surface area (Å²) in [6.07, 6.45) is 0. The fourth-order valence-corrected chi connectivity index (χ4v) is 0.770. The van der Waals surface area contributed by atoms with Crippen LogP contribution in [0.2, 0.25) is 0 Å². The molecule has 0 aromatic rings. The van der Waals surface area contributed by atoms with E-state index in [0.717, 1.165) is 0 Å². The van der Waals surface area contributed by atoms with Gasteiger partial charge in [-0.3, -0.25) is 0 Å². The van der Waals surface area contributed by atoms with Gasteiger partial charge in [-0.15, -0.1) is 0 Å². The van der Waals surface area contributed by atoms with Gasteiger partial charge in [-0.25, -0.2) is 0 Å². The molecule has 4 nitrogen and oxygen atoms in total. The highest BCUT2D eigenvalue weighted by Gasteiger charge is 2.14. The summed E-state index contributed by atoms with van der Waals surface area (Å²) in [5, 5.41) is 0. The molecule has 86 valence electrons. The minimum absolute atomic E-state index is 0.0620. The van der Waals surface area contributed by atoms with Gasteiger partial charge in [0.2, 0.25) is 0 Å². The van der Waals surface area contributed by atoms with Gasteiger partial charge in [0.25, 0.3) is 0 Å². The number of nitrogens with two attached hydrogens (primary N) is 1. The number of hydrogen-bond donors (Lipinski definition) is 1. The van der Waals surface area contributed by atoms with Gasteiger partial charge in [-0.05, 0) is 6.54 Å². The Balaban J connectivity index is 3.13. The van der Waals surface area contributed by atoms with Crippen molar-refractivity contribution in [1.29, 1.82) is 0 Å². The van der Waals surface area contributed by atoms with E-state index in [-0.39, 0.29) is 5.41 Å². The lowest BCUT2D eigenvalue weighted by Gasteiger charge is -2.21. The molecule has 0 aromatic carbocycles. The summed E-state index contributed by atoms with van der Waals surface area (Å²) < 4.78 is 15.5. The fourth-order valence-electron chi connectivity index (χ4n) is 0.770. The van der Waals surface area contributed by atoms with Gasteiger partial charge < -0.3 is 19.9 Å². The number of rotatable bonds is 9. The predicted molar refractivity (Wildman–Crippen MR) is 56.3 cm³/mol. The van der Waals surface area contributed by atoms with Crippen molar-refractivity contribution < 1.29 is 14.2 Å². The first-order chi connectivity index (χ1) is 6.62. The molecular formula is C10H23NO3. The minimum Gasteiger partial charge on any atom is -0.382 e. The molecule has 0 aliphatic heterocycles. The highest BCUT2D eigenvalue weighted by Crippen LogP contribution is 2.11. The van der Waals surface area contributed by atoms with Gasteiger partial charge in [0.05, 0.1) is 33.0 Å².